The molecule has 2 aliphatic rings. The van der Waals surface area contributed by atoms with Gasteiger partial charge in [0.25, 0.3) is 0 Å². The molecule has 7 nitrogen and oxygen atoms in total. The molecule has 1 aliphatic carbocycles. The zero-order chi connectivity index (χ0) is 22.8. The molecule has 0 amide bonds. The molecule has 1 heterocycles. The fourth-order valence-electron chi connectivity index (χ4n) is 4.41. The summed E-state index contributed by atoms with van der Waals surface area (Å²) in [5, 5.41) is 50.4. The molecule has 2 fully saturated rings. The summed E-state index contributed by atoms with van der Waals surface area (Å²) in [5.74, 6) is 0.709. The van der Waals surface area contributed by atoms with Crippen LogP contribution in [0.4, 0.5) is 0 Å². The minimum atomic E-state index is -1.43. The molecule has 174 valence electrons. The van der Waals surface area contributed by atoms with E-state index in [2.05, 4.69) is 0 Å². The summed E-state index contributed by atoms with van der Waals surface area (Å²) >= 11 is 6.40. The number of rotatable bonds is 6. The Morgan fingerprint density at radius 3 is 2.34 bits per heavy atom. The molecular formula is C24H29ClO7. The van der Waals surface area contributed by atoms with E-state index >= 15 is 0 Å². The molecule has 0 aromatic heterocycles. The molecule has 32 heavy (non-hydrogen) atoms. The second-order valence-corrected chi connectivity index (χ2v) is 8.98. The van der Waals surface area contributed by atoms with Gasteiger partial charge in [0.2, 0.25) is 0 Å². The molecule has 7 atom stereocenters. The second-order valence-electron chi connectivity index (χ2n) is 8.58. The summed E-state index contributed by atoms with van der Waals surface area (Å²) in [6.45, 7) is -0.478. The standard InChI is InChI=1S/C24H29ClO7/c25-17-9-6-14(24-23(30)22(29)21(28)20(12-26)32-24)11-15(17)10-13-4-7-16(8-5-13)31-19-3-1-2-18(19)27/h4-9,11,18-24,26-30H,1-3,10,12H2/t18-,19?,20+,21+,22-,23+,24-/m0/s1. The topological polar surface area (TPSA) is 120 Å². The Morgan fingerprint density at radius 1 is 0.938 bits per heavy atom. The van der Waals surface area contributed by atoms with E-state index in [1.165, 1.54) is 0 Å². The van der Waals surface area contributed by atoms with Gasteiger partial charge >= 0.3 is 0 Å². The maximum Gasteiger partial charge on any atom is 0.124 e. The van der Waals surface area contributed by atoms with E-state index in [1.54, 1.807) is 18.2 Å². The van der Waals surface area contributed by atoms with E-state index < -0.39 is 43.2 Å². The van der Waals surface area contributed by atoms with Crippen LogP contribution in [0.3, 0.4) is 0 Å². The third-order valence-corrected chi connectivity index (χ3v) is 6.68. The van der Waals surface area contributed by atoms with Crippen LogP contribution in [0.15, 0.2) is 42.5 Å². The van der Waals surface area contributed by atoms with Crippen LogP contribution in [-0.4, -0.2) is 68.8 Å². The van der Waals surface area contributed by atoms with E-state index in [1.807, 2.05) is 24.3 Å². The average Bonchev–Trinajstić information content (AvgIpc) is 3.19. The van der Waals surface area contributed by atoms with Crippen LogP contribution in [0, 0.1) is 0 Å². The van der Waals surface area contributed by atoms with Crippen molar-refractivity contribution in [1.29, 1.82) is 0 Å². The zero-order valence-corrected chi connectivity index (χ0v) is 18.3. The van der Waals surface area contributed by atoms with Crippen molar-refractivity contribution >= 4 is 11.6 Å². The molecule has 5 N–H and O–H groups in total. The number of halogens is 1. The highest BCUT2D eigenvalue weighted by Gasteiger charge is 2.44. The Bertz CT molecular complexity index is 904. The summed E-state index contributed by atoms with van der Waals surface area (Å²) < 4.78 is 11.5. The first-order valence-corrected chi connectivity index (χ1v) is 11.3. The predicted octanol–water partition coefficient (Wildman–Crippen LogP) is 1.74. The molecule has 2 aromatic carbocycles. The van der Waals surface area contributed by atoms with Crippen LogP contribution in [-0.2, 0) is 11.2 Å². The van der Waals surface area contributed by atoms with Crippen molar-refractivity contribution in [3.8, 4) is 5.75 Å². The number of ether oxygens (including phenoxy) is 2. The molecule has 0 bridgehead atoms. The third kappa shape index (κ3) is 4.94. The Hall–Kier alpha value is -1.71. The van der Waals surface area contributed by atoms with Crippen LogP contribution in [0.5, 0.6) is 5.75 Å². The highest BCUT2D eigenvalue weighted by Crippen LogP contribution is 2.34. The van der Waals surface area contributed by atoms with Crippen molar-refractivity contribution in [2.24, 2.45) is 0 Å². The zero-order valence-electron chi connectivity index (χ0n) is 17.5. The van der Waals surface area contributed by atoms with Gasteiger partial charge in [0.05, 0.1) is 12.7 Å². The summed E-state index contributed by atoms with van der Waals surface area (Å²) in [5.41, 5.74) is 2.40. The molecule has 0 radical (unpaired) electrons. The average molecular weight is 465 g/mol. The van der Waals surface area contributed by atoms with Crippen LogP contribution < -0.4 is 4.74 Å². The van der Waals surface area contributed by atoms with Gasteiger partial charge in [0, 0.05) is 5.02 Å². The van der Waals surface area contributed by atoms with Gasteiger partial charge in [-0.05, 0) is 60.6 Å². The van der Waals surface area contributed by atoms with Crippen LogP contribution in [0.25, 0.3) is 0 Å². The maximum absolute atomic E-state index is 10.4. The molecule has 4 rings (SSSR count). The molecule has 2 aromatic rings. The van der Waals surface area contributed by atoms with Gasteiger partial charge in [0.15, 0.2) is 0 Å². The molecule has 1 aliphatic heterocycles. The third-order valence-electron chi connectivity index (χ3n) is 6.31. The van der Waals surface area contributed by atoms with Gasteiger partial charge < -0.3 is 35.0 Å². The summed E-state index contributed by atoms with van der Waals surface area (Å²) in [7, 11) is 0. The van der Waals surface area contributed by atoms with Gasteiger partial charge in [0.1, 0.15) is 42.4 Å². The van der Waals surface area contributed by atoms with Crippen LogP contribution in [0.1, 0.15) is 42.1 Å². The molecule has 8 heteroatoms. The fraction of sp³-hybridized carbons (Fsp3) is 0.500. The summed E-state index contributed by atoms with van der Waals surface area (Å²) in [6, 6.07) is 12.8. The molecule has 0 spiro atoms. The fourth-order valence-corrected chi connectivity index (χ4v) is 4.59. The van der Waals surface area contributed by atoms with Crippen molar-refractivity contribution in [2.75, 3.05) is 6.61 Å². The first-order chi connectivity index (χ1) is 15.4. The lowest BCUT2D eigenvalue weighted by molar-refractivity contribution is -0.231. The molecule has 1 unspecified atom stereocenters. The highest BCUT2D eigenvalue weighted by molar-refractivity contribution is 6.31. The van der Waals surface area contributed by atoms with Crippen LogP contribution >= 0.6 is 11.6 Å². The summed E-state index contributed by atoms with van der Waals surface area (Å²) in [6.07, 6.45) is -3.52. The number of hydrogen-bond donors (Lipinski definition) is 5. The lowest BCUT2D eigenvalue weighted by atomic mass is 9.90. The van der Waals surface area contributed by atoms with E-state index in [0.29, 0.717) is 22.8 Å². The van der Waals surface area contributed by atoms with Gasteiger partial charge in [-0.25, -0.2) is 0 Å². The number of aliphatic hydroxyl groups excluding tert-OH is 5. The summed E-state index contributed by atoms with van der Waals surface area (Å²) in [4.78, 5) is 0. The van der Waals surface area contributed by atoms with Gasteiger partial charge in [-0.15, -0.1) is 0 Å². The van der Waals surface area contributed by atoms with Gasteiger partial charge in [-0.3, -0.25) is 0 Å². The monoisotopic (exact) mass is 464 g/mol. The highest BCUT2D eigenvalue weighted by atomic mass is 35.5. The largest absolute Gasteiger partial charge is 0.488 e. The Morgan fingerprint density at radius 2 is 1.69 bits per heavy atom. The lowest BCUT2D eigenvalue weighted by Crippen LogP contribution is -2.55. The first-order valence-electron chi connectivity index (χ1n) is 10.9. The Balaban J connectivity index is 1.48. The van der Waals surface area contributed by atoms with E-state index in [4.69, 9.17) is 21.1 Å². The predicted molar refractivity (Wildman–Crippen MR) is 118 cm³/mol. The van der Waals surface area contributed by atoms with Crippen LogP contribution in [0.2, 0.25) is 5.02 Å². The molecular weight excluding hydrogens is 436 g/mol. The van der Waals surface area contributed by atoms with Gasteiger partial charge in [-0.2, -0.15) is 0 Å². The van der Waals surface area contributed by atoms with Gasteiger partial charge in [-0.1, -0.05) is 35.9 Å². The first kappa shape index (κ1) is 23.4. The van der Waals surface area contributed by atoms with Crippen molar-refractivity contribution in [1.82, 2.24) is 0 Å². The molecule has 1 saturated heterocycles. The number of hydrogen-bond acceptors (Lipinski definition) is 7. The lowest BCUT2D eigenvalue weighted by Gasteiger charge is -2.40. The van der Waals surface area contributed by atoms with Crippen molar-refractivity contribution in [3.63, 3.8) is 0 Å². The number of benzene rings is 2. The Kier molecular flexibility index (Phi) is 7.37. The molecule has 1 saturated carbocycles. The quantitative estimate of drug-likeness (QED) is 0.441. The second kappa shape index (κ2) is 10.1. The Labute approximate surface area is 191 Å². The number of aliphatic hydroxyl groups is 5. The van der Waals surface area contributed by atoms with E-state index in [9.17, 15) is 25.5 Å². The minimum absolute atomic E-state index is 0.162. The van der Waals surface area contributed by atoms with Crippen molar-refractivity contribution in [2.45, 2.75) is 68.4 Å². The normalized spacial score (nSPS) is 32.8. The van der Waals surface area contributed by atoms with Crippen molar-refractivity contribution in [3.05, 3.63) is 64.2 Å². The van der Waals surface area contributed by atoms with E-state index in [-0.39, 0.29) is 6.10 Å². The minimum Gasteiger partial charge on any atom is -0.488 e. The smallest absolute Gasteiger partial charge is 0.124 e. The van der Waals surface area contributed by atoms with E-state index in [0.717, 1.165) is 30.4 Å². The SMILES string of the molecule is OC[C@H]1O[C@@H](c2ccc(Cl)c(Cc3ccc(OC4CCC[C@@H]4O)cc3)c2)[C@H](O)[C@@H](O)[C@@H]1O. The van der Waals surface area contributed by atoms with Crippen molar-refractivity contribution < 1.29 is 35.0 Å². The maximum atomic E-state index is 10.4.